The molecule has 0 bridgehead atoms. The molecule has 41 heavy (non-hydrogen) atoms. The molecule has 0 radical (unpaired) electrons. The molecule has 1 aliphatic rings. The van der Waals surface area contributed by atoms with Gasteiger partial charge in [0.05, 0.1) is 48.5 Å². The van der Waals surface area contributed by atoms with Gasteiger partial charge in [-0.2, -0.15) is 10.4 Å². The van der Waals surface area contributed by atoms with Crippen molar-refractivity contribution in [1.29, 1.82) is 5.26 Å². The summed E-state index contributed by atoms with van der Waals surface area (Å²) in [6.45, 7) is 3.11. The monoisotopic (exact) mass is 555 g/mol. The lowest BCUT2D eigenvalue weighted by atomic mass is 10.1. The van der Waals surface area contributed by atoms with E-state index < -0.39 is 0 Å². The molecule has 0 aliphatic carbocycles. The molecule has 6 rings (SSSR count). The molecule has 0 saturated carbocycles. The van der Waals surface area contributed by atoms with Crippen LogP contribution in [0, 0.1) is 18.3 Å². The zero-order valence-corrected chi connectivity index (χ0v) is 23.0. The predicted molar refractivity (Wildman–Crippen MR) is 159 cm³/mol. The standard InChI is InChI=1S/C32H25N7OS/c1-22-6-13-26(14-7-22)32(40)36-34-18-25-12-15-29-31(16-25)41-30-5-3-2-4-28(30)39(29)21-27-20-38(37-35-27)19-24-10-8-23(17-33)9-11-24/h2-16,18,20H,19,21H2,1H3,(H,36,40)/b34-18+. The Labute approximate surface area is 241 Å². The van der Waals surface area contributed by atoms with E-state index in [1.807, 2.05) is 72.4 Å². The summed E-state index contributed by atoms with van der Waals surface area (Å²) in [6.07, 6.45) is 3.62. The topological polar surface area (TPSA) is 99.2 Å². The number of carbonyl (C=O) groups excluding carboxylic acids is 1. The minimum atomic E-state index is -0.249. The first-order valence-electron chi connectivity index (χ1n) is 13.0. The largest absolute Gasteiger partial charge is 0.333 e. The Morgan fingerprint density at radius 1 is 0.976 bits per heavy atom. The smallest absolute Gasteiger partial charge is 0.271 e. The summed E-state index contributed by atoms with van der Waals surface area (Å²) >= 11 is 1.70. The van der Waals surface area contributed by atoms with Crippen LogP contribution in [-0.4, -0.2) is 27.1 Å². The van der Waals surface area contributed by atoms with Crippen LogP contribution in [-0.2, 0) is 13.1 Å². The highest BCUT2D eigenvalue weighted by atomic mass is 32.2. The van der Waals surface area contributed by atoms with Crippen molar-refractivity contribution in [2.45, 2.75) is 29.8 Å². The van der Waals surface area contributed by atoms with Crippen LogP contribution in [0.4, 0.5) is 11.4 Å². The van der Waals surface area contributed by atoms with Gasteiger partial charge in [0.15, 0.2) is 0 Å². The SMILES string of the molecule is Cc1ccc(C(=O)N/N=C/c2ccc3c(c2)Sc2ccccc2N3Cc2cn(Cc3ccc(C#N)cc3)nn2)cc1. The number of hydrazone groups is 1. The lowest BCUT2D eigenvalue weighted by Gasteiger charge is -2.32. The van der Waals surface area contributed by atoms with Crippen molar-refractivity contribution in [3.63, 3.8) is 0 Å². The Hall–Kier alpha value is -5.20. The van der Waals surface area contributed by atoms with Gasteiger partial charge < -0.3 is 4.90 Å². The lowest BCUT2D eigenvalue weighted by Crippen LogP contribution is -2.20. The molecule has 0 atom stereocenters. The van der Waals surface area contributed by atoms with Crippen LogP contribution in [0.15, 0.2) is 112 Å². The molecule has 0 unspecified atom stereocenters. The van der Waals surface area contributed by atoms with E-state index in [4.69, 9.17) is 5.26 Å². The number of nitriles is 1. The van der Waals surface area contributed by atoms with Crippen molar-refractivity contribution in [2.75, 3.05) is 4.90 Å². The van der Waals surface area contributed by atoms with E-state index in [1.54, 1.807) is 30.1 Å². The maximum Gasteiger partial charge on any atom is 0.271 e. The summed E-state index contributed by atoms with van der Waals surface area (Å²) in [5.74, 6) is -0.249. The van der Waals surface area contributed by atoms with Gasteiger partial charge >= 0.3 is 0 Å². The molecular formula is C32H25N7OS. The van der Waals surface area contributed by atoms with Gasteiger partial charge in [0.2, 0.25) is 0 Å². The molecule has 5 aromatic rings. The first-order chi connectivity index (χ1) is 20.1. The molecule has 0 fully saturated rings. The third kappa shape index (κ3) is 5.88. The summed E-state index contributed by atoms with van der Waals surface area (Å²) in [5, 5.41) is 22.0. The zero-order chi connectivity index (χ0) is 28.2. The van der Waals surface area contributed by atoms with Crippen LogP contribution in [0.2, 0.25) is 0 Å². The average molecular weight is 556 g/mol. The van der Waals surface area contributed by atoms with E-state index in [0.717, 1.165) is 43.6 Å². The highest BCUT2D eigenvalue weighted by Gasteiger charge is 2.24. The number of benzene rings is 4. The Bertz CT molecular complexity index is 1790. The van der Waals surface area contributed by atoms with Gasteiger partial charge in [0.25, 0.3) is 5.91 Å². The molecule has 2 heterocycles. The second-order valence-electron chi connectivity index (χ2n) is 9.66. The molecule has 1 N–H and O–H groups in total. The Kier molecular flexibility index (Phi) is 7.30. The third-order valence-corrected chi connectivity index (χ3v) is 7.79. The van der Waals surface area contributed by atoms with Crippen molar-refractivity contribution in [1.82, 2.24) is 20.4 Å². The quantitative estimate of drug-likeness (QED) is 0.193. The third-order valence-electron chi connectivity index (χ3n) is 6.68. The summed E-state index contributed by atoms with van der Waals surface area (Å²) in [6, 6.07) is 31.4. The van der Waals surface area contributed by atoms with E-state index in [0.29, 0.717) is 24.2 Å². The van der Waals surface area contributed by atoms with Crippen LogP contribution in [0.5, 0.6) is 0 Å². The predicted octanol–water partition coefficient (Wildman–Crippen LogP) is 6.07. The van der Waals surface area contributed by atoms with E-state index in [-0.39, 0.29) is 5.91 Å². The normalized spacial score (nSPS) is 12.0. The Morgan fingerprint density at radius 2 is 1.76 bits per heavy atom. The summed E-state index contributed by atoms with van der Waals surface area (Å²) in [4.78, 5) is 16.9. The Morgan fingerprint density at radius 3 is 2.56 bits per heavy atom. The highest BCUT2D eigenvalue weighted by Crippen LogP contribution is 2.48. The number of hydrogen-bond acceptors (Lipinski definition) is 7. The number of nitrogens with one attached hydrogen (secondary N) is 1. The van der Waals surface area contributed by atoms with Crippen molar-refractivity contribution < 1.29 is 4.79 Å². The second kappa shape index (κ2) is 11.5. The number of para-hydroxylation sites is 1. The molecule has 1 aliphatic heterocycles. The molecule has 8 nitrogen and oxygen atoms in total. The molecule has 9 heteroatoms. The fraction of sp³-hybridized carbons (Fsp3) is 0.0938. The number of fused-ring (bicyclic) bond motifs is 2. The molecule has 1 amide bonds. The number of carbonyl (C=O) groups is 1. The van der Waals surface area contributed by atoms with E-state index >= 15 is 0 Å². The van der Waals surface area contributed by atoms with Gasteiger partial charge in [-0.3, -0.25) is 4.79 Å². The summed E-state index contributed by atoms with van der Waals surface area (Å²) in [5.41, 5.74) is 9.86. The average Bonchev–Trinajstić information content (AvgIpc) is 3.44. The van der Waals surface area contributed by atoms with Gasteiger partial charge in [-0.05, 0) is 66.6 Å². The van der Waals surface area contributed by atoms with Crippen molar-refractivity contribution in [3.8, 4) is 6.07 Å². The minimum Gasteiger partial charge on any atom is -0.333 e. The summed E-state index contributed by atoms with van der Waals surface area (Å²) in [7, 11) is 0. The zero-order valence-electron chi connectivity index (χ0n) is 22.2. The van der Waals surface area contributed by atoms with Crippen molar-refractivity contribution in [2.24, 2.45) is 5.10 Å². The molecule has 1 aromatic heterocycles. The fourth-order valence-electron chi connectivity index (χ4n) is 4.56. The number of nitrogens with zero attached hydrogens (tertiary/aromatic N) is 6. The number of aryl methyl sites for hydroxylation is 1. The van der Waals surface area contributed by atoms with Crippen LogP contribution >= 0.6 is 11.8 Å². The number of rotatable bonds is 7. The maximum absolute atomic E-state index is 12.4. The molecule has 4 aromatic carbocycles. The van der Waals surface area contributed by atoms with Crippen LogP contribution < -0.4 is 10.3 Å². The van der Waals surface area contributed by atoms with Crippen LogP contribution in [0.25, 0.3) is 0 Å². The number of anilines is 2. The van der Waals surface area contributed by atoms with Gasteiger partial charge in [-0.25, -0.2) is 10.1 Å². The van der Waals surface area contributed by atoms with Gasteiger partial charge in [0, 0.05) is 15.4 Å². The number of hydrogen-bond donors (Lipinski definition) is 1. The number of amides is 1. The molecule has 0 saturated heterocycles. The number of aromatic nitrogens is 3. The van der Waals surface area contributed by atoms with E-state index in [2.05, 4.69) is 56.1 Å². The van der Waals surface area contributed by atoms with E-state index in [1.165, 1.54) is 0 Å². The maximum atomic E-state index is 12.4. The van der Waals surface area contributed by atoms with Crippen molar-refractivity contribution >= 4 is 35.3 Å². The van der Waals surface area contributed by atoms with Crippen LogP contribution in [0.3, 0.4) is 0 Å². The van der Waals surface area contributed by atoms with Gasteiger partial charge in [0.1, 0.15) is 5.69 Å². The lowest BCUT2D eigenvalue weighted by molar-refractivity contribution is 0.0955. The minimum absolute atomic E-state index is 0.249. The Balaban J connectivity index is 1.19. The first kappa shape index (κ1) is 26.0. The van der Waals surface area contributed by atoms with Gasteiger partial charge in [-0.15, -0.1) is 5.10 Å². The highest BCUT2D eigenvalue weighted by molar-refractivity contribution is 7.99. The molecule has 200 valence electrons. The van der Waals surface area contributed by atoms with Crippen LogP contribution in [0.1, 0.15) is 38.3 Å². The van der Waals surface area contributed by atoms with Crippen molar-refractivity contribution in [3.05, 3.63) is 131 Å². The molecule has 0 spiro atoms. The second-order valence-corrected chi connectivity index (χ2v) is 10.7. The first-order valence-corrected chi connectivity index (χ1v) is 13.8. The van der Waals surface area contributed by atoms with Gasteiger partial charge in [-0.1, -0.05) is 65.0 Å². The van der Waals surface area contributed by atoms with E-state index in [9.17, 15) is 4.79 Å². The molecular weight excluding hydrogens is 530 g/mol. The summed E-state index contributed by atoms with van der Waals surface area (Å²) < 4.78 is 1.81. The fourth-order valence-corrected chi connectivity index (χ4v) is 5.70.